The molecule has 23 heavy (non-hydrogen) atoms. The van der Waals surface area contributed by atoms with Crippen LogP contribution >= 0.6 is 22.7 Å². The van der Waals surface area contributed by atoms with Crippen LogP contribution in [0, 0.1) is 16.2 Å². The molecule has 0 bridgehead atoms. The Bertz CT molecular complexity index is 842. The molecule has 0 aromatic carbocycles. The molecular formula is C14H13N3O4S2. The largest absolute Gasteiger partial charge is 0.494 e. The zero-order valence-corrected chi connectivity index (χ0v) is 14.5. The van der Waals surface area contributed by atoms with Crippen LogP contribution in [0.3, 0.4) is 0 Å². The molecule has 0 aliphatic carbocycles. The molecule has 0 aliphatic rings. The molecule has 0 radical (unpaired) electrons. The van der Waals surface area contributed by atoms with Gasteiger partial charge >= 0.3 is 5.91 Å². The van der Waals surface area contributed by atoms with Gasteiger partial charge in [-0.1, -0.05) is 0 Å². The quantitative estimate of drug-likeness (QED) is 0.466. The van der Waals surface area contributed by atoms with Crippen LogP contribution in [-0.2, 0) is 4.79 Å². The standard InChI is InChI=1S/C14H13N3O4S2/c1-17(2)14-10(21-4)12-11(23-14)9(20-3)8(22-12)5-7(6-15)13(18)16-19/h5H,1-4H3/b7-5+. The monoisotopic (exact) mass is 351 g/mol. The number of carbonyl (C=O) groups excluding carboxylic acids is 1. The molecule has 0 spiro atoms. The van der Waals surface area contributed by atoms with E-state index in [9.17, 15) is 9.70 Å². The Labute approximate surface area is 140 Å². The summed E-state index contributed by atoms with van der Waals surface area (Å²) in [4.78, 5) is 24.2. The summed E-state index contributed by atoms with van der Waals surface area (Å²) in [5.41, 5.74) is -0.334. The predicted molar refractivity (Wildman–Crippen MR) is 91.5 cm³/mol. The number of nitriles is 1. The number of carbonyl (C=O) groups is 1. The maximum Gasteiger partial charge on any atom is 0.327 e. The molecule has 120 valence electrons. The highest BCUT2D eigenvalue weighted by molar-refractivity contribution is 7.31. The lowest BCUT2D eigenvalue weighted by Crippen LogP contribution is -2.07. The minimum Gasteiger partial charge on any atom is -0.494 e. The summed E-state index contributed by atoms with van der Waals surface area (Å²) in [6.45, 7) is 0. The van der Waals surface area contributed by atoms with Gasteiger partial charge in [-0.3, -0.25) is 4.79 Å². The van der Waals surface area contributed by atoms with Gasteiger partial charge < -0.3 is 14.4 Å². The molecule has 0 atom stereocenters. The van der Waals surface area contributed by atoms with E-state index in [1.807, 2.05) is 19.0 Å². The molecule has 2 heterocycles. The van der Waals surface area contributed by atoms with Gasteiger partial charge in [0, 0.05) is 19.3 Å². The number of hydrogen-bond acceptors (Lipinski definition) is 8. The molecule has 0 unspecified atom stereocenters. The minimum atomic E-state index is -1.10. The Morgan fingerprint density at radius 2 is 1.83 bits per heavy atom. The van der Waals surface area contributed by atoms with E-state index in [1.54, 1.807) is 13.2 Å². The van der Waals surface area contributed by atoms with Gasteiger partial charge in [0.1, 0.15) is 16.6 Å². The van der Waals surface area contributed by atoms with E-state index in [-0.39, 0.29) is 5.57 Å². The Balaban J connectivity index is 2.70. The highest BCUT2D eigenvalue weighted by Gasteiger charge is 2.23. The molecule has 0 saturated heterocycles. The molecule has 2 rings (SSSR count). The molecule has 0 saturated carbocycles. The van der Waals surface area contributed by atoms with Gasteiger partial charge in [-0.05, 0) is 6.08 Å². The van der Waals surface area contributed by atoms with Crippen molar-refractivity contribution in [2.45, 2.75) is 0 Å². The fraction of sp³-hybridized carbons (Fsp3) is 0.286. The van der Waals surface area contributed by atoms with Crippen molar-refractivity contribution in [1.82, 2.24) is 0 Å². The van der Waals surface area contributed by atoms with Gasteiger partial charge in [-0.25, -0.2) is 0 Å². The first kappa shape index (κ1) is 16.9. The molecule has 7 nitrogen and oxygen atoms in total. The van der Waals surface area contributed by atoms with Gasteiger partial charge in [0.05, 0.1) is 28.5 Å². The number of hydrogen-bond donors (Lipinski definition) is 0. The number of methoxy groups -OCH3 is 2. The van der Waals surface area contributed by atoms with Crippen LogP contribution in [0.2, 0.25) is 0 Å². The van der Waals surface area contributed by atoms with Crippen molar-refractivity contribution in [3.05, 3.63) is 15.4 Å². The lowest BCUT2D eigenvalue weighted by atomic mass is 10.2. The summed E-state index contributed by atoms with van der Waals surface area (Å²) in [5, 5.41) is 12.2. The van der Waals surface area contributed by atoms with Crippen molar-refractivity contribution in [2.24, 2.45) is 5.18 Å². The molecular weight excluding hydrogens is 338 g/mol. The van der Waals surface area contributed by atoms with Crippen LogP contribution in [0.5, 0.6) is 11.5 Å². The summed E-state index contributed by atoms with van der Waals surface area (Å²) in [7, 11) is 6.91. The third kappa shape index (κ3) is 2.91. The average Bonchev–Trinajstić information content (AvgIpc) is 3.06. The number of fused-ring (bicyclic) bond motifs is 1. The summed E-state index contributed by atoms with van der Waals surface area (Å²) < 4.78 is 12.6. The predicted octanol–water partition coefficient (Wildman–Crippen LogP) is 3.25. The van der Waals surface area contributed by atoms with Gasteiger partial charge in [0.25, 0.3) is 0 Å². The average molecular weight is 351 g/mol. The number of amides is 1. The number of thiophene rings is 2. The SMILES string of the molecule is COc1c(/C=C(\C#N)C(=O)N=O)sc2c(OC)c(N(C)C)sc12. The zero-order valence-electron chi connectivity index (χ0n) is 12.9. The number of ether oxygens (including phenoxy) is 2. The lowest BCUT2D eigenvalue weighted by Gasteiger charge is -2.11. The summed E-state index contributed by atoms with van der Waals surface area (Å²) in [6, 6.07) is 1.68. The summed E-state index contributed by atoms with van der Waals surface area (Å²) in [5.74, 6) is 0.136. The van der Waals surface area contributed by atoms with Gasteiger partial charge in [0.15, 0.2) is 11.5 Å². The molecule has 9 heteroatoms. The second-order valence-electron chi connectivity index (χ2n) is 4.56. The number of nitroso groups, excluding NO2 is 1. The summed E-state index contributed by atoms with van der Waals surface area (Å²) >= 11 is 2.80. The Morgan fingerprint density at radius 1 is 1.22 bits per heavy atom. The van der Waals surface area contributed by atoms with E-state index in [0.717, 1.165) is 14.4 Å². The van der Waals surface area contributed by atoms with Crippen LogP contribution < -0.4 is 14.4 Å². The smallest absolute Gasteiger partial charge is 0.327 e. The van der Waals surface area contributed by atoms with Gasteiger partial charge in [0.2, 0.25) is 0 Å². The van der Waals surface area contributed by atoms with Crippen molar-refractivity contribution in [3.8, 4) is 17.6 Å². The second kappa shape index (κ2) is 6.76. The van der Waals surface area contributed by atoms with E-state index in [0.29, 0.717) is 16.4 Å². The Hall–Kier alpha value is -2.44. The third-order valence-corrected chi connectivity index (χ3v) is 5.55. The fourth-order valence-electron chi connectivity index (χ4n) is 1.98. The molecule has 0 N–H and O–H groups in total. The maximum absolute atomic E-state index is 11.3. The van der Waals surface area contributed by atoms with Crippen LogP contribution in [0.4, 0.5) is 5.00 Å². The third-order valence-electron chi connectivity index (χ3n) is 2.97. The van der Waals surface area contributed by atoms with E-state index < -0.39 is 5.91 Å². The van der Waals surface area contributed by atoms with E-state index in [2.05, 4.69) is 5.18 Å². The van der Waals surface area contributed by atoms with Crippen molar-refractivity contribution in [3.63, 3.8) is 0 Å². The lowest BCUT2D eigenvalue weighted by molar-refractivity contribution is -0.114. The second-order valence-corrected chi connectivity index (χ2v) is 6.61. The molecule has 0 aliphatic heterocycles. The topological polar surface area (TPSA) is 92.0 Å². The van der Waals surface area contributed by atoms with Crippen molar-refractivity contribution in [2.75, 3.05) is 33.2 Å². The van der Waals surface area contributed by atoms with E-state index in [1.165, 1.54) is 35.9 Å². The Kier molecular flexibility index (Phi) is 4.98. The molecule has 1 amide bonds. The number of anilines is 1. The van der Waals surface area contributed by atoms with Gasteiger partial charge in [-0.15, -0.1) is 27.6 Å². The maximum atomic E-state index is 11.3. The zero-order chi connectivity index (χ0) is 17.1. The van der Waals surface area contributed by atoms with Crippen LogP contribution in [0.15, 0.2) is 10.7 Å². The first-order valence-corrected chi connectivity index (χ1v) is 7.95. The highest BCUT2D eigenvalue weighted by Crippen LogP contribution is 2.53. The van der Waals surface area contributed by atoms with Gasteiger partial charge in [-0.2, -0.15) is 5.26 Å². The normalized spacial score (nSPS) is 11.2. The van der Waals surface area contributed by atoms with Crippen LogP contribution in [-0.4, -0.2) is 34.2 Å². The number of nitrogens with zero attached hydrogens (tertiary/aromatic N) is 3. The molecule has 2 aromatic rings. The number of rotatable bonds is 5. The highest BCUT2D eigenvalue weighted by atomic mass is 32.1. The fourth-order valence-corrected chi connectivity index (χ4v) is 4.62. The first-order valence-electron chi connectivity index (χ1n) is 6.32. The van der Waals surface area contributed by atoms with E-state index in [4.69, 9.17) is 14.7 Å². The van der Waals surface area contributed by atoms with Crippen LogP contribution in [0.1, 0.15) is 4.88 Å². The Morgan fingerprint density at radius 3 is 2.30 bits per heavy atom. The van der Waals surface area contributed by atoms with Crippen LogP contribution in [0.25, 0.3) is 15.5 Å². The molecule has 0 fully saturated rings. The van der Waals surface area contributed by atoms with Crippen molar-refractivity contribution >= 4 is 49.1 Å². The van der Waals surface area contributed by atoms with Crippen molar-refractivity contribution in [1.29, 1.82) is 5.26 Å². The summed E-state index contributed by atoms with van der Waals surface area (Å²) in [6.07, 6.45) is 1.31. The minimum absolute atomic E-state index is 0.334. The first-order chi connectivity index (χ1) is 11.0. The van der Waals surface area contributed by atoms with E-state index >= 15 is 0 Å². The van der Waals surface area contributed by atoms with Crippen molar-refractivity contribution < 1.29 is 14.3 Å². The molecule has 2 aromatic heterocycles.